The van der Waals surface area contributed by atoms with E-state index in [2.05, 4.69) is 58.2 Å². The Morgan fingerprint density at radius 3 is 2.83 bits per heavy atom. The van der Waals surface area contributed by atoms with Crippen molar-refractivity contribution in [3.63, 3.8) is 0 Å². The zero-order chi connectivity index (χ0) is 16.5. The fourth-order valence-electron chi connectivity index (χ4n) is 3.00. The second-order valence-corrected chi connectivity index (χ2v) is 8.81. The second kappa shape index (κ2) is 4.86. The van der Waals surface area contributed by atoms with Crippen molar-refractivity contribution >= 4 is 23.5 Å². The smallest absolute Gasteiger partial charge is 0.231 e. The first-order valence-corrected chi connectivity index (χ1v) is 9.47. The van der Waals surface area contributed by atoms with Gasteiger partial charge in [-0.05, 0) is 29.5 Å². The number of hydrogen-bond donors (Lipinski definition) is 0. The van der Waals surface area contributed by atoms with Gasteiger partial charge in [0.15, 0.2) is 17.3 Å². The molecule has 2 aromatic rings. The fraction of sp³-hybridized carbons (Fsp3) is 0.375. The summed E-state index contributed by atoms with van der Waals surface area (Å²) in [7, 11) is 0. The molecule has 0 spiro atoms. The summed E-state index contributed by atoms with van der Waals surface area (Å²) in [6.07, 6.45) is 0. The Hall–Kier alpha value is -1.80. The summed E-state index contributed by atoms with van der Waals surface area (Å²) in [6.45, 7) is 6.78. The van der Waals surface area contributed by atoms with Gasteiger partial charge < -0.3 is 9.47 Å². The highest BCUT2D eigenvalue weighted by Gasteiger charge is 2.41. The molecule has 0 fully saturated rings. The van der Waals surface area contributed by atoms with Gasteiger partial charge >= 0.3 is 0 Å². The minimum absolute atomic E-state index is 0.0754. The molecule has 0 radical (unpaired) electrons. The molecule has 0 N–H and O–H groups in total. The van der Waals surface area contributed by atoms with Crippen LogP contribution in [0, 0.1) is 0 Å². The molecule has 1 atom stereocenters. The lowest BCUT2D eigenvalue weighted by Gasteiger charge is -2.28. The van der Waals surface area contributed by atoms with Crippen LogP contribution in [0.1, 0.15) is 37.5 Å². The Labute approximate surface area is 148 Å². The standard InChI is InChI=1S/C16H16N4O2S2/c1-16(2,3)14-17-18-15-20(14)19-12(24-15)7-23-13(19)9-4-5-10-11(6-9)22-8-21-10/h4-7,13H,8H2,1-3H3. The summed E-state index contributed by atoms with van der Waals surface area (Å²) in [5, 5.41) is 15.5. The Morgan fingerprint density at radius 1 is 1.17 bits per heavy atom. The highest BCUT2D eigenvalue weighted by molar-refractivity contribution is 8.07. The highest BCUT2D eigenvalue weighted by atomic mass is 32.2. The highest BCUT2D eigenvalue weighted by Crippen LogP contribution is 2.52. The molecule has 6 nitrogen and oxygen atoms in total. The van der Waals surface area contributed by atoms with Gasteiger partial charge in [0.25, 0.3) is 0 Å². The average molecular weight is 360 g/mol. The molecule has 5 rings (SSSR count). The van der Waals surface area contributed by atoms with Crippen molar-refractivity contribution in [3.05, 3.63) is 40.0 Å². The Balaban J connectivity index is 1.58. The van der Waals surface area contributed by atoms with Crippen LogP contribution in [0.4, 0.5) is 0 Å². The van der Waals surface area contributed by atoms with E-state index in [1.807, 2.05) is 6.07 Å². The molecular formula is C16H16N4O2S2. The molecule has 8 heteroatoms. The molecule has 4 heterocycles. The van der Waals surface area contributed by atoms with E-state index < -0.39 is 0 Å². The summed E-state index contributed by atoms with van der Waals surface area (Å²) >= 11 is 3.46. The number of rotatable bonds is 1. The maximum atomic E-state index is 5.54. The summed E-state index contributed by atoms with van der Waals surface area (Å²) in [5.74, 6) is 2.60. The predicted molar refractivity (Wildman–Crippen MR) is 93.8 cm³/mol. The minimum atomic E-state index is -0.0754. The molecule has 24 heavy (non-hydrogen) atoms. The zero-order valence-electron chi connectivity index (χ0n) is 13.5. The molecule has 0 aliphatic carbocycles. The van der Waals surface area contributed by atoms with E-state index in [0.29, 0.717) is 6.79 Å². The fourth-order valence-corrected chi connectivity index (χ4v) is 5.21. The maximum Gasteiger partial charge on any atom is 0.231 e. The van der Waals surface area contributed by atoms with Gasteiger partial charge in [-0.2, -0.15) is 0 Å². The molecule has 1 aromatic carbocycles. The van der Waals surface area contributed by atoms with Gasteiger partial charge in [-0.1, -0.05) is 38.6 Å². The quantitative estimate of drug-likeness (QED) is 0.770. The largest absolute Gasteiger partial charge is 0.454 e. The molecule has 1 aromatic heterocycles. The lowest BCUT2D eigenvalue weighted by molar-refractivity contribution is 0.174. The molecule has 3 aliphatic rings. The number of hydrogen-bond acceptors (Lipinski definition) is 7. The van der Waals surface area contributed by atoms with Crippen LogP contribution < -0.4 is 14.5 Å². The summed E-state index contributed by atoms with van der Waals surface area (Å²) < 4.78 is 13.1. The van der Waals surface area contributed by atoms with Gasteiger partial charge in [0.05, 0.1) is 0 Å². The van der Waals surface area contributed by atoms with Crippen LogP contribution in [0.25, 0.3) is 0 Å². The van der Waals surface area contributed by atoms with Crippen LogP contribution in [0.2, 0.25) is 0 Å². The van der Waals surface area contributed by atoms with Crippen molar-refractivity contribution in [2.24, 2.45) is 0 Å². The van der Waals surface area contributed by atoms with Crippen molar-refractivity contribution in [3.8, 4) is 11.5 Å². The Bertz CT molecular complexity index is 871. The third kappa shape index (κ3) is 1.99. The lowest BCUT2D eigenvalue weighted by Crippen LogP contribution is -2.34. The first-order valence-electron chi connectivity index (χ1n) is 7.71. The van der Waals surface area contributed by atoms with Crippen LogP contribution in [0.15, 0.2) is 33.8 Å². The Kier molecular flexibility index (Phi) is 2.94. The van der Waals surface area contributed by atoms with E-state index in [1.54, 1.807) is 23.5 Å². The first kappa shape index (κ1) is 14.5. The first-order chi connectivity index (χ1) is 11.5. The van der Waals surface area contributed by atoms with Gasteiger partial charge in [-0.3, -0.25) is 5.01 Å². The summed E-state index contributed by atoms with van der Waals surface area (Å²) in [5.41, 5.74) is 1.10. The number of aromatic nitrogens is 3. The molecule has 1 unspecified atom stereocenters. The topological polar surface area (TPSA) is 52.4 Å². The van der Waals surface area contributed by atoms with Crippen LogP contribution in [0.3, 0.4) is 0 Å². The number of fused-ring (bicyclic) bond motifs is 4. The zero-order valence-corrected chi connectivity index (χ0v) is 15.1. The predicted octanol–water partition coefficient (Wildman–Crippen LogP) is 3.59. The van der Waals surface area contributed by atoms with Crippen LogP contribution in [0.5, 0.6) is 11.5 Å². The molecular weight excluding hydrogens is 344 g/mol. The van der Waals surface area contributed by atoms with Gasteiger partial charge in [0, 0.05) is 10.8 Å². The van der Waals surface area contributed by atoms with Crippen LogP contribution in [-0.2, 0) is 5.41 Å². The number of thioether (sulfide) groups is 2. The minimum Gasteiger partial charge on any atom is -0.454 e. The second-order valence-electron chi connectivity index (χ2n) is 6.87. The molecule has 3 aliphatic heterocycles. The third-order valence-corrected chi connectivity index (χ3v) is 6.31. The van der Waals surface area contributed by atoms with E-state index in [4.69, 9.17) is 9.47 Å². The van der Waals surface area contributed by atoms with Crippen molar-refractivity contribution in [1.29, 1.82) is 0 Å². The van der Waals surface area contributed by atoms with Crippen LogP contribution >= 0.6 is 23.5 Å². The lowest BCUT2D eigenvalue weighted by atomic mass is 9.96. The van der Waals surface area contributed by atoms with E-state index in [0.717, 1.165) is 22.5 Å². The monoisotopic (exact) mass is 360 g/mol. The van der Waals surface area contributed by atoms with Crippen molar-refractivity contribution in [2.45, 2.75) is 36.7 Å². The molecule has 0 saturated carbocycles. The van der Waals surface area contributed by atoms with Gasteiger partial charge in [0.2, 0.25) is 11.9 Å². The number of benzene rings is 1. The van der Waals surface area contributed by atoms with E-state index in [1.165, 1.54) is 10.6 Å². The summed E-state index contributed by atoms with van der Waals surface area (Å²) in [4.78, 5) is 0. The number of ether oxygens (including phenoxy) is 2. The van der Waals surface area contributed by atoms with Gasteiger partial charge in [0.1, 0.15) is 10.4 Å². The average Bonchev–Trinajstić information content (AvgIpc) is 3.25. The molecule has 124 valence electrons. The molecule has 0 bridgehead atoms. The van der Waals surface area contributed by atoms with Crippen LogP contribution in [-0.4, -0.2) is 21.7 Å². The third-order valence-electron chi connectivity index (χ3n) is 4.12. The number of nitrogens with zero attached hydrogens (tertiary/aromatic N) is 4. The normalized spacial score (nSPS) is 21.0. The Morgan fingerprint density at radius 2 is 2.00 bits per heavy atom. The van der Waals surface area contributed by atoms with Gasteiger partial charge in [-0.15, -0.1) is 10.2 Å². The van der Waals surface area contributed by atoms with E-state index in [9.17, 15) is 0 Å². The van der Waals surface area contributed by atoms with Gasteiger partial charge in [-0.25, -0.2) is 4.68 Å². The SMILES string of the molecule is CC(C)(C)c1nnc2n1N1C(=CSC1c1ccc3c(c1)OCO3)S2. The van der Waals surface area contributed by atoms with Crippen molar-refractivity contribution in [1.82, 2.24) is 14.9 Å². The van der Waals surface area contributed by atoms with E-state index >= 15 is 0 Å². The van der Waals surface area contributed by atoms with E-state index in [-0.39, 0.29) is 10.8 Å². The molecule has 0 amide bonds. The van der Waals surface area contributed by atoms with Crippen molar-refractivity contribution in [2.75, 3.05) is 11.8 Å². The molecule has 0 saturated heterocycles. The summed E-state index contributed by atoms with van der Waals surface area (Å²) in [6, 6.07) is 6.16. The van der Waals surface area contributed by atoms with Crippen molar-refractivity contribution < 1.29 is 9.47 Å². The maximum absolute atomic E-state index is 5.54.